The fraction of sp³-hybridized carbons (Fsp3) is 0.533. The van der Waals surface area contributed by atoms with Crippen molar-refractivity contribution in [2.24, 2.45) is 0 Å². The van der Waals surface area contributed by atoms with Crippen LogP contribution in [0, 0.1) is 0 Å². The number of benzene rings is 2. The molecule has 0 radical (unpaired) electrons. The van der Waals surface area contributed by atoms with Crippen LogP contribution in [0.5, 0.6) is 5.75 Å². The van der Waals surface area contributed by atoms with Gasteiger partial charge in [0.15, 0.2) is 0 Å². The molecule has 2 rings (SSSR count). The van der Waals surface area contributed by atoms with Crippen LogP contribution in [0.2, 0.25) is 0 Å². The van der Waals surface area contributed by atoms with E-state index in [1.807, 2.05) is 0 Å². The van der Waals surface area contributed by atoms with Crippen LogP contribution in [0.15, 0.2) is 53.0 Å². The molecule has 5 nitrogen and oxygen atoms in total. The van der Waals surface area contributed by atoms with Gasteiger partial charge in [0, 0.05) is 15.6 Å². The summed E-state index contributed by atoms with van der Waals surface area (Å²) < 4.78 is 6.69. The zero-order valence-corrected chi connectivity index (χ0v) is 23.4. The molecule has 6 heteroatoms. The molecule has 0 spiro atoms. The number of unbranched alkanes of at least 4 members (excludes halogenated alkanes) is 13. The first-order valence-corrected chi connectivity index (χ1v) is 14.5. The molecular weight excluding hydrogens is 516 g/mol. The van der Waals surface area contributed by atoms with Crippen molar-refractivity contribution in [3.63, 3.8) is 0 Å². The van der Waals surface area contributed by atoms with Crippen LogP contribution in [-0.4, -0.2) is 18.4 Å². The largest absolute Gasteiger partial charge is 0.494 e. The molecule has 0 fully saturated rings. The Morgan fingerprint density at radius 3 is 1.44 bits per heavy atom. The summed E-state index contributed by atoms with van der Waals surface area (Å²) >= 11 is 3.33. The lowest BCUT2D eigenvalue weighted by Crippen LogP contribution is -2.41. The van der Waals surface area contributed by atoms with Gasteiger partial charge in [0.2, 0.25) is 0 Å². The zero-order valence-electron chi connectivity index (χ0n) is 21.8. The first-order chi connectivity index (χ1) is 17.6. The van der Waals surface area contributed by atoms with Crippen LogP contribution in [0.3, 0.4) is 0 Å². The highest BCUT2D eigenvalue weighted by Crippen LogP contribution is 2.15. The highest BCUT2D eigenvalue weighted by atomic mass is 79.9. The van der Waals surface area contributed by atoms with Gasteiger partial charge in [-0.25, -0.2) is 0 Å². The van der Waals surface area contributed by atoms with E-state index in [1.165, 1.54) is 83.5 Å². The minimum absolute atomic E-state index is 0.371. The van der Waals surface area contributed by atoms with Crippen molar-refractivity contribution in [1.29, 1.82) is 0 Å². The summed E-state index contributed by atoms with van der Waals surface area (Å²) in [6, 6.07) is 13.9. The monoisotopic (exact) mass is 558 g/mol. The molecule has 0 aromatic heterocycles. The number of carbonyl (C=O) groups is 2. The molecule has 0 heterocycles. The maximum atomic E-state index is 12.3. The molecule has 36 heavy (non-hydrogen) atoms. The van der Waals surface area contributed by atoms with Crippen LogP contribution >= 0.6 is 15.9 Å². The van der Waals surface area contributed by atoms with E-state index in [4.69, 9.17) is 4.74 Å². The fourth-order valence-electron chi connectivity index (χ4n) is 4.05. The van der Waals surface area contributed by atoms with Crippen LogP contribution in [0.4, 0.5) is 0 Å². The summed E-state index contributed by atoms with van der Waals surface area (Å²) in [6.45, 7) is 2.96. The smallest absolute Gasteiger partial charge is 0.269 e. The third-order valence-corrected chi connectivity index (χ3v) is 6.81. The average Bonchev–Trinajstić information content (AvgIpc) is 2.90. The average molecular weight is 560 g/mol. The van der Waals surface area contributed by atoms with Crippen molar-refractivity contribution >= 4 is 27.7 Å². The summed E-state index contributed by atoms with van der Waals surface area (Å²) in [5, 5.41) is 0. The summed E-state index contributed by atoms with van der Waals surface area (Å²) in [4.78, 5) is 24.4. The number of amides is 2. The van der Waals surface area contributed by atoms with Crippen molar-refractivity contribution in [3.8, 4) is 5.75 Å². The summed E-state index contributed by atoms with van der Waals surface area (Å²) in [5.41, 5.74) is 5.79. The van der Waals surface area contributed by atoms with E-state index in [9.17, 15) is 9.59 Å². The Kier molecular flexibility index (Phi) is 15.7. The predicted octanol–water partition coefficient (Wildman–Crippen LogP) is 8.38. The number of halogens is 1. The van der Waals surface area contributed by atoms with Gasteiger partial charge in [0.1, 0.15) is 5.75 Å². The Balaban J connectivity index is 1.47. The predicted molar refractivity (Wildman–Crippen MR) is 151 cm³/mol. The normalized spacial score (nSPS) is 10.7. The number of nitrogens with one attached hydrogen (secondary N) is 2. The van der Waals surface area contributed by atoms with E-state index >= 15 is 0 Å². The summed E-state index contributed by atoms with van der Waals surface area (Å²) in [7, 11) is 0. The number of carbonyl (C=O) groups excluding carboxylic acids is 2. The first kappa shape index (κ1) is 29.9. The van der Waals surface area contributed by atoms with Gasteiger partial charge in [-0.3, -0.25) is 20.4 Å². The molecule has 2 aromatic carbocycles. The van der Waals surface area contributed by atoms with Crippen LogP contribution in [-0.2, 0) is 0 Å². The number of hydrogen-bond acceptors (Lipinski definition) is 3. The van der Waals surface area contributed by atoms with Gasteiger partial charge in [0.25, 0.3) is 11.8 Å². The summed E-state index contributed by atoms with van der Waals surface area (Å²) in [5.74, 6) is 0.00287. The number of hydrazine groups is 1. The molecule has 2 amide bonds. The van der Waals surface area contributed by atoms with Crippen molar-refractivity contribution in [2.45, 2.75) is 96.8 Å². The SMILES string of the molecule is CCCCCCCCCCCCCCCCOc1ccc(C(=O)NNC(=O)c2ccc(Br)cc2)cc1. The minimum atomic E-state index is -0.376. The van der Waals surface area contributed by atoms with Crippen molar-refractivity contribution < 1.29 is 14.3 Å². The highest BCUT2D eigenvalue weighted by molar-refractivity contribution is 9.10. The lowest BCUT2D eigenvalue weighted by atomic mass is 10.0. The molecule has 2 aromatic rings. The van der Waals surface area contributed by atoms with Crippen LogP contribution in [0.25, 0.3) is 0 Å². The van der Waals surface area contributed by atoms with Gasteiger partial charge in [-0.15, -0.1) is 0 Å². The Morgan fingerprint density at radius 1 is 0.611 bits per heavy atom. The molecule has 198 valence electrons. The third kappa shape index (κ3) is 13.1. The second kappa shape index (κ2) is 18.9. The van der Waals surface area contributed by atoms with Crippen LogP contribution < -0.4 is 15.6 Å². The van der Waals surface area contributed by atoms with Gasteiger partial charge in [0.05, 0.1) is 6.61 Å². The fourth-order valence-corrected chi connectivity index (χ4v) is 4.31. The molecule has 0 saturated carbocycles. The lowest BCUT2D eigenvalue weighted by molar-refractivity contribution is 0.0846. The van der Waals surface area contributed by atoms with Gasteiger partial charge in [-0.1, -0.05) is 106 Å². The number of ether oxygens (including phenoxy) is 1. The lowest BCUT2D eigenvalue weighted by Gasteiger charge is -2.09. The van der Waals surface area contributed by atoms with Crippen LogP contribution in [0.1, 0.15) is 118 Å². The van der Waals surface area contributed by atoms with E-state index in [2.05, 4.69) is 33.7 Å². The first-order valence-electron chi connectivity index (χ1n) is 13.7. The highest BCUT2D eigenvalue weighted by Gasteiger charge is 2.09. The second-order valence-electron chi connectivity index (χ2n) is 9.38. The van der Waals surface area contributed by atoms with Crippen molar-refractivity contribution in [2.75, 3.05) is 6.61 Å². The van der Waals surface area contributed by atoms with E-state index in [0.29, 0.717) is 17.7 Å². The van der Waals surface area contributed by atoms with E-state index in [1.54, 1.807) is 48.5 Å². The van der Waals surface area contributed by atoms with Gasteiger partial charge in [-0.05, 0) is 55.0 Å². The summed E-state index contributed by atoms with van der Waals surface area (Å²) in [6.07, 6.45) is 18.7. The zero-order chi connectivity index (χ0) is 25.8. The van der Waals surface area contributed by atoms with Crippen molar-refractivity contribution in [3.05, 3.63) is 64.1 Å². The third-order valence-electron chi connectivity index (χ3n) is 6.28. The molecule has 2 N–H and O–H groups in total. The quantitative estimate of drug-likeness (QED) is 0.142. The minimum Gasteiger partial charge on any atom is -0.494 e. The molecular formula is C30H43BrN2O3. The standard InChI is InChI=1S/C30H43BrN2O3/c1-2-3-4-5-6-7-8-9-10-11-12-13-14-15-24-36-28-22-18-26(19-23-28)30(35)33-32-29(34)25-16-20-27(31)21-17-25/h16-23H,2-15,24H2,1H3,(H,32,34)(H,33,35). The van der Waals surface area contributed by atoms with Gasteiger partial charge in [-0.2, -0.15) is 0 Å². The van der Waals surface area contributed by atoms with E-state index < -0.39 is 0 Å². The number of rotatable bonds is 18. The Hall–Kier alpha value is -2.34. The molecule has 0 unspecified atom stereocenters. The molecule has 0 bridgehead atoms. The molecule has 0 aliphatic heterocycles. The van der Waals surface area contributed by atoms with Crippen molar-refractivity contribution in [1.82, 2.24) is 10.9 Å². The molecule has 0 aliphatic rings. The Morgan fingerprint density at radius 2 is 1.00 bits per heavy atom. The Labute approximate surface area is 225 Å². The van der Waals surface area contributed by atoms with Gasteiger partial charge < -0.3 is 4.74 Å². The Bertz CT molecular complexity index is 869. The van der Waals surface area contributed by atoms with E-state index in [0.717, 1.165) is 16.6 Å². The second-order valence-corrected chi connectivity index (χ2v) is 10.3. The van der Waals surface area contributed by atoms with E-state index in [-0.39, 0.29) is 11.8 Å². The number of hydrogen-bond donors (Lipinski definition) is 2. The topological polar surface area (TPSA) is 67.4 Å². The molecule has 0 aliphatic carbocycles. The van der Waals surface area contributed by atoms with Gasteiger partial charge >= 0.3 is 0 Å². The molecule has 0 atom stereocenters. The maximum absolute atomic E-state index is 12.3. The maximum Gasteiger partial charge on any atom is 0.269 e. The molecule has 0 saturated heterocycles.